The summed E-state index contributed by atoms with van der Waals surface area (Å²) in [6.07, 6.45) is 10.3. The van der Waals surface area contributed by atoms with Crippen molar-refractivity contribution in [3.8, 4) is 0 Å². The molecule has 0 amide bonds. The summed E-state index contributed by atoms with van der Waals surface area (Å²) in [6, 6.07) is 2.58. The summed E-state index contributed by atoms with van der Waals surface area (Å²) >= 11 is 1.67. The zero-order valence-corrected chi connectivity index (χ0v) is 13.0. The normalized spacial score (nSPS) is 25.2. The average Bonchev–Trinajstić information content (AvgIpc) is 2.98. The predicted molar refractivity (Wildman–Crippen MR) is 85.8 cm³/mol. The number of hydrogen-bond donors (Lipinski definition) is 1. The molecule has 1 aliphatic carbocycles. The van der Waals surface area contributed by atoms with Crippen LogP contribution in [0.25, 0.3) is 10.2 Å². The molecule has 21 heavy (non-hydrogen) atoms. The molecule has 0 radical (unpaired) electrons. The number of thiophene rings is 1. The second-order valence-electron chi connectivity index (χ2n) is 6.29. The summed E-state index contributed by atoms with van der Waals surface area (Å²) in [6.45, 7) is 0.871. The molecule has 1 atom stereocenters. The Morgan fingerprint density at radius 3 is 3.05 bits per heavy atom. The van der Waals surface area contributed by atoms with E-state index in [0.717, 1.165) is 35.5 Å². The largest absolute Gasteiger partial charge is 0.375 e. The van der Waals surface area contributed by atoms with Crippen LogP contribution in [-0.4, -0.2) is 28.2 Å². The van der Waals surface area contributed by atoms with Gasteiger partial charge in [0.1, 0.15) is 17.0 Å². The highest BCUT2D eigenvalue weighted by Gasteiger charge is 2.38. The van der Waals surface area contributed by atoms with Crippen molar-refractivity contribution >= 4 is 27.4 Å². The Kier molecular flexibility index (Phi) is 3.55. The molecular formula is C16H21N3OS. The SMILES string of the molecule is c1nc(NC2CCOC3(CCCCC3)C2)c2ccsc2n1. The number of fused-ring (bicyclic) bond motifs is 1. The third-order valence-electron chi connectivity index (χ3n) is 4.86. The number of nitrogens with zero attached hydrogens (tertiary/aromatic N) is 2. The van der Waals surface area contributed by atoms with Crippen LogP contribution in [0.15, 0.2) is 17.8 Å². The van der Waals surface area contributed by atoms with Gasteiger partial charge >= 0.3 is 0 Å². The molecule has 3 heterocycles. The molecule has 4 rings (SSSR count). The maximum Gasteiger partial charge on any atom is 0.138 e. The van der Waals surface area contributed by atoms with Crippen molar-refractivity contribution in [1.82, 2.24) is 9.97 Å². The topological polar surface area (TPSA) is 47.0 Å². The fourth-order valence-electron chi connectivity index (χ4n) is 3.79. The lowest BCUT2D eigenvalue weighted by molar-refractivity contribution is -0.103. The number of aromatic nitrogens is 2. The average molecular weight is 303 g/mol. The maximum absolute atomic E-state index is 6.18. The molecular weight excluding hydrogens is 282 g/mol. The second-order valence-corrected chi connectivity index (χ2v) is 7.18. The minimum absolute atomic E-state index is 0.134. The highest BCUT2D eigenvalue weighted by Crippen LogP contribution is 2.39. The zero-order valence-electron chi connectivity index (χ0n) is 12.2. The van der Waals surface area contributed by atoms with Crippen molar-refractivity contribution in [3.63, 3.8) is 0 Å². The molecule has 1 saturated carbocycles. The van der Waals surface area contributed by atoms with Gasteiger partial charge in [0.25, 0.3) is 0 Å². The van der Waals surface area contributed by atoms with E-state index in [2.05, 4.69) is 26.7 Å². The van der Waals surface area contributed by atoms with Crippen LogP contribution in [0, 0.1) is 0 Å². The zero-order chi connectivity index (χ0) is 14.1. The summed E-state index contributed by atoms with van der Waals surface area (Å²) in [7, 11) is 0. The van der Waals surface area contributed by atoms with Crippen LogP contribution in [0.4, 0.5) is 5.82 Å². The first-order valence-corrected chi connectivity index (χ1v) is 8.81. The van der Waals surface area contributed by atoms with Crippen LogP contribution < -0.4 is 5.32 Å². The number of nitrogens with one attached hydrogen (secondary N) is 1. The first kappa shape index (κ1) is 13.5. The fraction of sp³-hybridized carbons (Fsp3) is 0.625. The molecule has 1 N–H and O–H groups in total. The predicted octanol–water partition coefficient (Wildman–Crippen LogP) is 3.99. The van der Waals surface area contributed by atoms with Crippen molar-refractivity contribution < 1.29 is 4.74 Å². The highest BCUT2D eigenvalue weighted by atomic mass is 32.1. The molecule has 1 saturated heterocycles. The van der Waals surface area contributed by atoms with Crippen LogP contribution in [0.5, 0.6) is 0 Å². The van der Waals surface area contributed by atoms with Crippen molar-refractivity contribution in [1.29, 1.82) is 0 Å². The Morgan fingerprint density at radius 1 is 1.24 bits per heavy atom. The molecule has 2 aromatic rings. The van der Waals surface area contributed by atoms with E-state index in [1.807, 2.05) is 0 Å². The van der Waals surface area contributed by atoms with E-state index in [9.17, 15) is 0 Å². The summed E-state index contributed by atoms with van der Waals surface area (Å²) in [4.78, 5) is 9.83. The molecule has 4 nitrogen and oxygen atoms in total. The van der Waals surface area contributed by atoms with Gasteiger partial charge in [-0.1, -0.05) is 19.3 Å². The van der Waals surface area contributed by atoms with Crippen molar-refractivity contribution in [2.75, 3.05) is 11.9 Å². The van der Waals surface area contributed by atoms with Crippen LogP contribution >= 0.6 is 11.3 Å². The minimum Gasteiger partial charge on any atom is -0.375 e. The summed E-state index contributed by atoms with van der Waals surface area (Å²) < 4.78 is 6.18. The van der Waals surface area contributed by atoms with Gasteiger partial charge in [-0.25, -0.2) is 9.97 Å². The van der Waals surface area contributed by atoms with E-state index in [0.29, 0.717) is 6.04 Å². The van der Waals surface area contributed by atoms with Crippen LogP contribution in [0.3, 0.4) is 0 Å². The lowest BCUT2D eigenvalue weighted by Gasteiger charge is -2.43. The van der Waals surface area contributed by atoms with Gasteiger partial charge in [0.15, 0.2) is 0 Å². The minimum atomic E-state index is 0.134. The lowest BCUT2D eigenvalue weighted by Crippen LogP contribution is -2.45. The van der Waals surface area contributed by atoms with Crippen LogP contribution in [0.2, 0.25) is 0 Å². The van der Waals surface area contributed by atoms with E-state index < -0.39 is 0 Å². The van der Waals surface area contributed by atoms with Crippen molar-refractivity contribution in [2.45, 2.75) is 56.6 Å². The number of anilines is 1. The van der Waals surface area contributed by atoms with Crippen LogP contribution in [0.1, 0.15) is 44.9 Å². The van der Waals surface area contributed by atoms with Crippen molar-refractivity contribution in [2.24, 2.45) is 0 Å². The molecule has 1 unspecified atom stereocenters. The van der Waals surface area contributed by atoms with Gasteiger partial charge in [0.2, 0.25) is 0 Å². The second kappa shape index (κ2) is 5.54. The van der Waals surface area contributed by atoms with Gasteiger partial charge < -0.3 is 10.1 Å². The summed E-state index contributed by atoms with van der Waals surface area (Å²) in [5.74, 6) is 0.985. The van der Waals surface area contributed by atoms with Gasteiger partial charge in [-0.3, -0.25) is 0 Å². The van der Waals surface area contributed by atoms with E-state index >= 15 is 0 Å². The van der Waals surface area contributed by atoms with Crippen molar-refractivity contribution in [3.05, 3.63) is 17.8 Å². The monoisotopic (exact) mass is 303 g/mol. The van der Waals surface area contributed by atoms with Crippen LogP contribution in [-0.2, 0) is 4.74 Å². The Hall–Kier alpha value is -1.20. The van der Waals surface area contributed by atoms with Gasteiger partial charge in [0, 0.05) is 12.6 Å². The smallest absolute Gasteiger partial charge is 0.138 e. The summed E-state index contributed by atoms with van der Waals surface area (Å²) in [5, 5.41) is 6.88. The molecule has 2 aromatic heterocycles. The van der Waals surface area contributed by atoms with Gasteiger partial charge in [-0.15, -0.1) is 11.3 Å². The fourth-order valence-corrected chi connectivity index (χ4v) is 4.53. The highest BCUT2D eigenvalue weighted by molar-refractivity contribution is 7.16. The Labute approximate surface area is 128 Å². The molecule has 112 valence electrons. The molecule has 0 aromatic carbocycles. The Balaban J connectivity index is 1.52. The first-order chi connectivity index (χ1) is 10.3. The quantitative estimate of drug-likeness (QED) is 0.911. The number of ether oxygens (including phenoxy) is 1. The Morgan fingerprint density at radius 2 is 2.14 bits per heavy atom. The molecule has 2 fully saturated rings. The maximum atomic E-state index is 6.18. The summed E-state index contributed by atoms with van der Waals surface area (Å²) in [5.41, 5.74) is 0.134. The standard InChI is InChI=1S/C16H21N3OS/c1-2-6-16(7-3-1)10-12(4-8-20-16)19-14-13-5-9-21-15(13)18-11-17-14/h5,9,11-12H,1-4,6-8,10H2,(H,17,18,19). The molecule has 0 bridgehead atoms. The van der Waals surface area contributed by atoms with Gasteiger partial charge in [0.05, 0.1) is 11.0 Å². The van der Waals surface area contributed by atoms with E-state index in [1.54, 1.807) is 17.7 Å². The third-order valence-corrected chi connectivity index (χ3v) is 5.68. The molecule has 5 heteroatoms. The third kappa shape index (κ3) is 2.64. The first-order valence-electron chi connectivity index (χ1n) is 7.93. The molecule has 1 spiro atoms. The number of hydrogen-bond acceptors (Lipinski definition) is 5. The number of rotatable bonds is 2. The van der Waals surface area contributed by atoms with E-state index in [1.165, 1.54) is 32.1 Å². The van der Waals surface area contributed by atoms with Gasteiger partial charge in [-0.2, -0.15) is 0 Å². The van der Waals surface area contributed by atoms with E-state index in [-0.39, 0.29) is 5.60 Å². The van der Waals surface area contributed by atoms with Gasteiger partial charge in [-0.05, 0) is 37.1 Å². The molecule has 1 aliphatic heterocycles. The Bertz CT molecular complexity index is 615. The van der Waals surface area contributed by atoms with E-state index in [4.69, 9.17) is 4.74 Å². The molecule has 2 aliphatic rings. The lowest BCUT2D eigenvalue weighted by atomic mass is 9.78.